The van der Waals surface area contributed by atoms with E-state index in [0.717, 1.165) is 22.8 Å². The van der Waals surface area contributed by atoms with Gasteiger partial charge in [0.25, 0.3) is 5.69 Å². The fraction of sp³-hybridized carbons (Fsp3) is 0.0667. The molecule has 23 heavy (non-hydrogen) atoms. The quantitative estimate of drug-likeness (QED) is 0.424. The standard InChI is InChI=1S/C15H12N4O3S/c20-14(23-11-7-5-10(6-8-11)19(21)22)9-16-15-17-12-3-1-2-4-13(12)18-15/h1-8H,9H2,(H2,16,17,18). The number of fused-ring (bicyclic) bond motifs is 1. The van der Waals surface area contributed by atoms with Crippen LogP contribution in [0.15, 0.2) is 53.4 Å². The van der Waals surface area contributed by atoms with Gasteiger partial charge in [-0.05, 0) is 24.3 Å². The van der Waals surface area contributed by atoms with Crippen LogP contribution in [0.25, 0.3) is 11.0 Å². The third-order valence-corrected chi connectivity index (χ3v) is 3.95. The highest BCUT2D eigenvalue weighted by Crippen LogP contribution is 2.22. The second-order valence-electron chi connectivity index (χ2n) is 4.68. The maximum Gasteiger partial charge on any atom is 0.269 e. The van der Waals surface area contributed by atoms with E-state index in [1.54, 1.807) is 12.1 Å². The van der Waals surface area contributed by atoms with Gasteiger partial charge in [0.1, 0.15) is 0 Å². The normalized spacial score (nSPS) is 10.6. The molecule has 0 saturated carbocycles. The second-order valence-corrected chi connectivity index (χ2v) is 5.81. The van der Waals surface area contributed by atoms with E-state index >= 15 is 0 Å². The number of anilines is 1. The summed E-state index contributed by atoms with van der Waals surface area (Å²) in [6.07, 6.45) is 0. The largest absolute Gasteiger partial charge is 0.348 e. The monoisotopic (exact) mass is 328 g/mol. The molecule has 1 heterocycles. The number of aromatic nitrogens is 2. The number of nitrogens with one attached hydrogen (secondary N) is 2. The number of carbonyl (C=O) groups excluding carboxylic acids is 1. The Hall–Kier alpha value is -2.87. The molecule has 7 nitrogen and oxygen atoms in total. The number of para-hydroxylation sites is 2. The average molecular weight is 328 g/mol. The molecule has 1 aromatic heterocycles. The van der Waals surface area contributed by atoms with Gasteiger partial charge in [-0.15, -0.1) is 0 Å². The van der Waals surface area contributed by atoms with Crippen LogP contribution in [-0.4, -0.2) is 26.6 Å². The molecule has 0 aliphatic rings. The molecule has 0 aliphatic heterocycles. The smallest absolute Gasteiger partial charge is 0.269 e. The van der Waals surface area contributed by atoms with Gasteiger partial charge in [0.05, 0.1) is 22.5 Å². The van der Waals surface area contributed by atoms with Crippen molar-refractivity contribution in [3.8, 4) is 0 Å². The Labute approximate surface area is 135 Å². The van der Waals surface area contributed by atoms with Crippen LogP contribution >= 0.6 is 11.8 Å². The first-order valence-electron chi connectivity index (χ1n) is 6.75. The lowest BCUT2D eigenvalue weighted by Crippen LogP contribution is -2.11. The van der Waals surface area contributed by atoms with Crippen molar-refractivity contribution in [2.75, 3.05) is 11.9 Å². The Bertz CT molecular complexity index is 828. The predicted octanol–water partition coefficient (Wildman–Crippen LogP) is 3.20. The highest BCUT2D eigenvalue weighted by Gasteiger charge is 2.09. The minimum atomic E-state index is -0.473. The lowest BCUT2D eigenvalue weighted by molar-refractivity contribution is -0.384. The van der Waals surface area contributed by atoms with Crippen LogP contribution in [0.1, 0.15) is 0 Å². The number of hydrogen-bond acceptors (Lipinski definition) is 6. The zero-order valence-electron chi connectivity index (χ0n) is 11.9. The van der Waals surface area contributed by atoms with Gasteiger partial charge >= 0.3 is 0 Å². The Kier molecular flexibility index (Phi) is 4.24. The van der Waals surface area contributed by atoms with Crippen LogP contribution in [0.3, 0.4) is 0 Å². The first-order chi connectivity index (χ1) is 11.1. The summed E-state index contributed by atoms with van der Waals surface area (Å²) in [5.74, 6) is 0.531. The summed E-state index contributed by atoms with van der Waals surface area (Å²) in [5.41, 5.74) is 1.72. The maximum absolute atomic E-state index is 11.9. The lowest BCUT2D eigenvalue weighted by Gasteiger charge is -2.02. The number of nitrogens with zero attached hydrogens (tertiary/aromatic N) is 2. The van der Waals surface area contributed by atoms with Gasteiger partial charge in [0.15, 0.2) is 0 Å². The molecule has 2 N–H and O–H groups in total. The highest BCUT2D eigenvalue weighted by atomic mass is 32.2. The molecule has 0 fully saturated rings. The van der Waals surface area contributed by atoms with Crippen molar-refractivity contribution in [2.24, 2.45) is 0 Å². The Morgan fingerprint density at radius 1 is 1.22 bits per heavy atom. The van der Waals surface area contributed by atoms with E-state index in [0.29, 0.717) is 10.8 Å². The van der Waals surface area contributed by atoms with Crippen molar-refractivity contribution in [3.63, 3.8) is 0 Å². The maximum atomic E-state index is 11.9. The van der Waals surface area contributed by atoms with Crippen molar-refractivity contribution in [1.82, 2.24) is 9.97 Å². The zero-order valence-corrected chi connectivity index (χ0v) is 12.7. The first-order valence-corrected chi connectivity index (χ1v) is 7.57. The predicted molar refractivity (Wildman–Crippen MR) is 88.5 cm³/mol. The average Bonchev–Trinajstić information content (AvgIpc) is 2.96. The van der Waals surface area contributed by atoms with Gasteiger partial charge in [-0.1, -0.05) is 23.9 Å². The van der Waals surface area contributed by atoms with Gasteiger partial charge in [0.2, 0.25) is 11.1 Å². The van der Waals surface area contributed by atoms with E-state index in [2.05, 4.69) is 15.3 Å². The number of benzene rings is 2. The molecule has 2 aromatic carbocycles. The highest BCUT2D eigenvalue weighted by molar-refractivity contribution is 8.13. The van der Waals surface area contributed by atoms with Crippen LogP contribution in [0, 0.1) is 10.1 Å². The molecule has 0 atom stereocenters. The van der Waals surface area contributed by atoms with Crippen molar-refractivity contribution in [2.45, 2.75) is 4.90 Å². The molecular formula is C15H12N4O3S. The van der Waals surface area contributed by atoms with Crippen LogP contribution < -0.4 is 5.32 Å². The van der Waals surface area contributed by atoms with Crippen LogP contribution in [0.4, 0.5) is 11.6 Å². The Morgan fingerprint density at radius 2 is 1.96 bits per heavy atom. The van der Waals surface area contributed by atoms with E-state index < -0.39 is 4.92 Å². The Balaban J connectivity index is 1.57. The molecule has 116 valence electrons. The van der Waals surface area contributed by atoms with Crippen molar-refractivity contribution < 1.29 is 9.72 Å². The number of nitro groups is 1. The summed E-state index contributed by atoms with van der Waals surface area (Å²) >= 11 is 1.02. The van der Waals surface area contributed by atoms with Crippen LogP contribution in [0.5, 0.6) is 0 Å². The molecule has 3 rings (SSSR count). The van der Waals surface area contributed by atoms with E-state index in [4.69, 9.17) is 0 Å². The van der Waals surface area contributed by atoms with E-state index in [1.165, 1.54) is 12.1 Å². The van der Waals surface area contributed by atoms with Gasteiger partial charge < -0.3 is 10.3 Å². The fourth-order valence-corrected chi connectivity index (χ4v) is 2.68. The number of non-ortho nitro benzene ring substituents is 1. The minimum Gasteiger partial charge on any atom is -0.348 e. The van der Waals surface area contributed by atoms with E-state index in [9.17, 15) is 14.9 Å². The fourth-order valence-electron chi connectivity index (χ4n) is 2.00. The van der Waals surface area contributed by atoms with Gasteiger partial charge in [-0.3, -0.25) is 14.9 Å². The molecule has 0 aliphatic carbocycles. The molecule has 0 spiro atoms. The van der Waals surface area contributed by atoms with Crippen molar-refractivity contribution in [1.29, 1.82) is 0 Å². The molecule has 0 amide bonds. The third kappa shape index (κ3) is 3.67. The zero-order chi connectivity index (χ0) is 16.2. The molecule has 3 aromatic rings. The summed E-state index contributed by atoms with van der Waals surface area (Å²) in [6.45, 7) is 0.0987. The second kappa shape index (κ2) is 6.49. The van der Waals surface area contributed by atoms with E-state index in [1.807, 2.05) is 24.3 Å². The Morgan fingerprint density at radius 3 is 2.65 bits per heavy atom. The summed E-state index contributed by atoms with van der Waals surface area (Å²) in [5, 5.41) is 13.4. The SMILES string of the molecule is O=C(CNc1nc2ccccc2[nH]1)Sc1ccc([N+](=O)[O-])cc1. The third-order valence-electron chi connectivity index (χ3n) is 3.07. The van der Waals surface area contributed by atoms with Crippen molar-refractivity contribution in [3.05, 3.63) is 58.6 Å². The minimum absolute atomic E-state index is 0.00204. The van der Waals surface area contributed by atoms with Crippen LogP contribution in [-0.2, 0) is 4.79 Å². The number of rotatable bonds is 5. The number of nitro benzene ring substituents is 1. The van der Waals surface area contributed by atoms with Gasteiger partial charge in [-0.25, -0.2) is 4.98 Å². The topological polar surface area (TPSA) is 101 Å². The van der Waals surface area contributed by atoms with Crippen LogP contribution in [0.2, 0.25) is 0 Å². The number of hydrogen-bond donors (Lipinski definition) is 2. The first kappa shape index (κ1) is 15.0. The summed E-state index contributed by atoms with van der Waals surface area (Å²) < 4.78 is 0. The molecule has 0 saturated heterocycles. The van der Waals surface area contributed by atoms with E-state index in [-0.39, 0.29) is 17.3 Å². The number of aromatic amines is 1. The number of imidazole rings is 1. The summed E-state index contributed by atoms with van der Waals surface area (Å²) in [6, 6.07) is 13.4. The molecule has 0 bridgehead atoms. The summed E-state index contributed by atoms with van der Waals surface area (Å²) in [4.78, 5) is 30.1. The molecular weight excluding hydrogens is 316 g/mol. The number of thioether (sulfide) groups is 1. The number of H-pyrrole nitrogens is 1. The molecule has 0 radical (unpaired) electrons. The summed E-state index contributed by atoms with van der Waals surface area (Å²) in [7, 11) is 0. The van der Waals surface area contributed by atoms with Gasteiger partial charge in [-0.2, -0.15) is 0 Å². The van der Waals surface area contributed by atoms with Gasteiger partial charge in [0, 0.05) is 17.0 Å². The lowest BCUT2D eigenvalue weighted by atomic mass is 10.3. The molecule has 8 heteroatoms. The molecule has 0 unspecified atom stereocenters. The van der Waals surface area contributed by atoms with Crippen molar-refractivity contribution >= 4 is 39.5 Å². The number of carbonyl (C=O) groups is 1.